The topological polar surface area (TPSA) is 65.1 Å². The molecule has 1 saturated carbocycles. The van der Waals surface area contributed by atoms with E-state index in [1.54, 1.807) is 12.0 Å². The number of hydrogen-bond acceptors (Lipinski definition) is 5. The van der Waals surface area contributed by atoms with Gasteiger partial charge < -0.3 is 19.1 Å². The van der Waals surface area contributed by atoms with E-state index < -0.39 is 0 Å². The second kappa shape index (κ2) is 4.90. The van der Waals surface area contributed by atoms with Crippen LogP contribution in [0.2, 0.25) is 0 Å². The average molecular weight is 343 g/mol. The van der Waals surface area contributed by atoms with Crippen molar-refractivity contribution in [2.24, 2.45) is 5.92 Å². The number of likely N-dealkylation sites (tertiary alicyclic amines) is 1. The van der Waals surface area contributed by atoms with Gasteiger partial charge in [-0.05, 0) is 30.9 Å². The van der Waals surface area contributed by atoms with Crippen molar-refractivity contribution in [2.45, 2.75) is 43.2 Å². The summed E-state index contributed by atoms with van der Waals surface area (Å²) in [7, 11) is 3.05. The van der Waals surface area contributed by atoms with E-state index in [-0.39, 0.29) is 35.4 Å². The van der Waals surface area contributed by atoms with Crippen molar-refractivity contribution < 1.29 is 23.8 Å². The summed E-state index contributed by atoms with van der Waals surface area (Å²) in [6.07, 6.45) is 2.28. The highest BCUT2D eigenvalue weighted by molar-refractivity contribution is 5.88. The number of benzene rings is 1. The number of Topliss-reactive ketones (excluding diaryl/α,β-unsaturated/α-hetero) is 1. The maximum Gasteiger partial charge on any atom is 0.409 e. The number of methoxy groups -OCH3 is 2. The van der Waals surface area contributed by atoms with Crippen LogP contribution < -0.4 is 9.47 Å². The molecule has 2 fully saturated rings. The van der Waals surface area contributed by atoms with Gasteiger partial charge in [0.25, 0.3) is 0 Å². The fourth-order valence-corrected chi connectivity index (χ4v) is 5.81. The van der Waals surface area contributed by atoms with E-state index in [2.05, 4.69) is 6.07 Å². The number of rotatable bonds is 1. The van der Waals surface area contributed by atoms with Gasteiger partial charge in [0.15, 0.2) is 11.5 Å². The smallest absolute Gasteiger partial charge is 0.409 e. The van der Waals surface area contributed by atoms with Gasteiger partial charge in [0.1, 0.15) is 11.9 Å². The van der Waals surface area contributed by atoms with Crippen molar-refractivity contribution in [2.75, 3.05) is 20.8 Å². The summed E-state index contributed by atoms with van der Waals surface area (Å²) in [4.78, 5) is 27.0. The third-order valence-electron chi connectivity index (χ3n) is 6.67. The van der Waals surface area contributed by atoms with Gasteiger partial charge in [-0.1, -0.05) is 6.07 Å². The van der Waals surface area contributed by atoms with E-state index in [4.69, 9.17) is 14.2 Å². The number of piperidine rings is 1. The minimum atomic E-state index is -0.342. The van der Waals surface area contributed by atoms with Gasteiger partial charge in [0.05, 0.1) is 20.1 Å². The van der Waals surface area contributed by atoms with Crippen LogP contribution in [0.4, 0.5) is 4.79 Å². The molecule has 1 amide bonds. The minimum Gasteiger partial charge on any atom is -0.493 e. The van der Waals surface area contributed by atoms with E-state index >= 15 is 0 Å². The van der Waals surface area contributed by atoms with Crippen LogP contribution in [0.3, 0.4) is 0 Å². The Balaban J connectivity index is 1.74. The monoisotopic (exact) mass is 343 g/mol. The summed E-state index contributed by atoms with van der Waals surface area (Å²) < 4.78 is 16.9. The zero-order chi connectivity index (χ0) is 17.3. The lowest BCUT2D eigenvalue weighted by Gasteiger charge is -2.56. The normalized spacial score (nSPS) is 34.2. The van der Waals surface area contributed by atoms with Crippen LogP contribution in [0.5, 0.6) is 11.5 Å². The standard InChI is InChI=1S/C19H21NO5/c1-23-13-5-3-10-9-11-16-12(21)4-6-14-19(16,15(10)17(13)25-14)7-8-20(11)18(22)24-2/h3,5,11,14,16H,4,6-9H2,1-2H3/t11-,14+,16?,19-/m1/s1. The molecule has 1 spiro atoms. The zero-order valence-electron chi connectivity index (χ0n) is 14.4. The maximum absolute atomic E-state index is 13.0. The number of nitrogens with zero attached hydrogens (tertiary/aromatic N) is 1. The van der Waals surface area contributed by atoms with Crippen LogP contribution in [-0.2, 0) is 21.4 Å². The molecule has 0 radical (unpaired) electrons. The van der Waals surface area contributed by atoms with Crippen molar-refractivity contribution in [3.8, 4) is 11.5 Å². The van der Waals surface area contributed by atoms with Crippen molar-refractivity contribution in [3.05, 3.63) is 23.3 Å². The average Bonchev–Trinajstić information content (AvgIpc) is 2.95. The Kier molecular flexibility index (Phi) is 2.95. The summed E-state index contributed by atoms with van der Waals surface area (Å²) in [6, 6.07) is 3.85. The second-order valence-corrected chi connectivity index (χ2v) is 7.45. The van der Waals surface area contributed by atoms with Crippen LogP contribution >= 0.6 is 0 Å². The first-order valence-electron chi connectivity index (χ1n) is 8.86. The first kappa shape index (κ1) is 15.0. The molecule has 2 aliphatic carbocycles. The minimum absolute atomic E-state index is 0.0113. The van der Waals surface area contributed by atoms with E-state index in [1.165, 1.54) is 12.7 Å². The third kappa shape index (κ3) is 1.65. The number of ether oxygens (including phenoxy) is 3. The largest absolute Gasteiger partial charge is 0.493 e. The van der Waals surface area contributed by atoms with Gasteiger partial charge in [0.2, 0.25) is 0 Å². The van der Waals surface area contributed by atoms with Crippen LogP contribution in [-0.4, -0.2) is 49.7 Å². The van der Waals surface area contributed by atoms with Gasteiger partial charge >= 0.3 is 6.09 Å². The van der Waals surface area contributed by atoms with Crippen LogP contribution in [0.15, 0.2) is 12.1 Å². The molecule has 2 bridgehead atoms. The predicted molar refractivity (Wildman–Crippen MR) is 88.0 cm³/mol. The first-order chi connectivity index (χ1) is 12.1. The number of ketones is 1. The van der Waals surface area contributed by atoms with Gasteiger partial charge in [-0.3, -0.25) is 4.79 Å². The highest BCUT2D eigenvalue weighted by atomic mass is 16.5. The Bertz CT molecular complexity index is 790. The summed E-state index contributed by atoms with van der Waals surface area (Å²) in [5, 5.41) is 0. The Hall–Kier alpha value is -2.24. The lowest BCUT2D eigenvalue weighted by atomic mass is 9.51. The molecule has 0 aromatic heterocycles. The molecule has 0 N–H and O–H groups in total. The molecule has 2 aliphatic heterocycles. The van der Waals surface area contributed by atoms with Crippen molar-refractivity contribution in [1.82, 2.24) is 4.90 Å². The lowest BCUT2D eigenvalue weighted by molar-refractivity contribution is -0.139. The third-order valence-corrected chi connectivity index (χ3v) is 6.67. The highest BCUT2D eigenvalue weighted by Crippen LogP contribution is 2.63. The molecular weight excluding hydrogens is 322 g/mol. The van der Waals surface area contributed by atoms with E-state index in [0.717, 1.165) is 29.9 Å². The van der Waals surface area contributed by atoms with Crippen molar-refractivity contribution >= 4 is 11.9 Å². The van der Waals surface area contributed by atoms with Crippen molar-refractivity contribution in [3.63, 3.8) is 0 Å². The van der Waals surface area contributed by atoms with Crippen LogP contribution in [0, 0.1) is 5.92 Å². The summed E-state index contributed by atoms with van der Waals surface area (Å²) in [6.45, 7) is 0.594. The molecule has 4 aliphatic rings. The second-order valence-electron chi connectivity index (χ2n) is 7.45. The zero-order valence-corrected chi connectivity index (χ0v) is 14.4. The summed E-state index contributed by atoms with van der Waals surface area (Å²) in [5.41, 5.74) is 2.01. The maximum atomic E-state index is 13.0. The van der Waals surface area contributed by atoms with Gasteiger partial charge in [-0.25, -0.2) is 4.79 Å². The van der Waals surface area contributed by atoms with E-state index in [0.29, 0.717) is 19.4 Å². The molecular formula is C19H21NO5. The molecule has 132 valence electrons. The molecule has 4 atom stereocenters. The van der Waals surface area contributed by atoms with Crippen LogP contribution in [0.1, 0.15) is 30.4 Å². The Morgan fingerprint density at radius 1 is 1.36 bits per heavy atom. The molecule has 6 heteroatoms. The molecule has 1 aromatic carbocycles. The predicted octanol–water partition coefficient (Wildman–Crippen LogP) is 2.07. The molecule has 1 unspecified atom stereocenters. The van der Waals surface area contributed by atoms with E-state index in [1.807, 2.05) is 6.07 Å². The first-order valence-corrected chi connectivity index (χ1v) is 8.86. The van der Waals surface area contributed by atoms with E-state index in [9.17, 15) is 9.59 Å². The number of carbonyl (C=O) groups is 2. The molecule has 5 rings (SSSR count). The summed E-state index contributed by atoms with van der Waals surface area (Å²) >= 11 is 0. The Labute approximate surface area is 146 Å². The summed E-state index contributed by atoms with van der Waals surface area (Å²) in [5.74, 6) is 1.59. The lowest BCUT2D eigenvalue weighted by Crippen LogP contribution is -2.67. The van der Waals surface area contributed by atoms with Gasteiger partial charge in [-0.2, -0.15) is 0 Å². The molecule has 6 nitrogen and oxygen atoms in total. The Morgan fingerprint density at radius 3 is 2.96 bits per heavy atom. The van der Waals surface area contributed by atoms with Crippen LogP contribution in [0.25, 0.3) is 0 Å². The number of carbonyl (C=O) groups excluding carboxylic acids is 2. The quantitative estimate of drug-likeness (QED) is 0.781. The van der Waals surface area contributed by atoms with Gasteiger partial charge in [-0.15, -0.1) is 0 Å². The SMILES string of the molecule is COC(=O)N1CC[C@]23c4c5ccc(OC)c4O[C@H]2CCC(=O)C3[C@H]1C5. The molecule has 25 heavy (non-hydrogen) atoms. The fraction of sp³-hybridized carbons (Fsp3) is 0.579. The molecule has 2 heterocycles. The Morgan fingerprint density at radius 2 is 2.20 bits per heavy atom. The highest BCUT2D eigenvalue weighted by Gasteiger charge is 2.66. The fourth-order valence-electron chi connectivity index (χ4n) is 5.81. The number of hydrogen-bond donors (Lipinski definition) is 0. The van der Waals surface area contributed by atoms with Gasteiger partial charge in [0, 0.05) is 30.0 Å². The molecule has 1 aromatic rings. The number of amides is 1. The molecule has 1 saturated heterocycles. The van der Waals surface area contributed by atoms with Crippen molar-refractivity contribution in [1.29, 1.82) is 0 Å².